The van der Waals surface area contributed by atoms with Crippen molar-refractivity contribution in [2.24, 2.45) is 0 Å². The molecule has 1 amide bonds. The Morgan fingerprint density at radius 2 is 1.94 bits per heavy atom. The maximum atomic E-state index is 12.4. The lowest BCUT2D eigenvalue weighted by atomic mass is 9.98. The molecule has 2 aromatic heterocycles. The highest BCUT2D eigenvalue weighted by molar-refractivity contribution is 6.29. The first-order chi connectivity index (χ1) is 15.1. The number of benzene rings is 2. The van der Waals surface area contributed by atoms with Crippen molar-refractivity contribution in [2.75, 3.05) is 0 Å². The molecule has 0 spiro atoms. The minimum absolute atomic E-state index is 0.0407. The van der Waals surface area contributed by atoms with Crippen molar-refractivity contribution in [1.82, 2.24) is 20.3 Å². The van der Waals surface area contributed by atoms with Crippen molar-refractivity contribution < 1.29 is 9.32 Å². The second-order valence-corrected chi connectivity index (χ2v) is 7.70. The number of hydrogen-bond acceptors (Lipinski definition) is 4. The molecular formula is C24H23ClN4O2. The number of amides is 1. The van der Waals surface area contributed by atoms with Gasteiger partial charge in [-0.05, 0) is 53.3 Å². The van der Waals surface area contributed by atoms with E-state index in [-0.39, 0.29) is 11.1 Å². The summed E-state index contributed by atoms with van der Waals surface area (Å²) in [7, 11) is 0. The molecule has 1 N–H and O–H groups in total. The molecule has 0 bridgehead atoms. The first-order valence-corrected chi connectivity index (χ1v) is 10.5. The lowest BCUT2D eigenvalue weighted by Crippen LogP contribution is -2.23. The summed E-state index contributed by atoms with van der Waals surface area (Å²) in [6.07, 6.45) is 4.55. The lowest BCUT2D eigenvalue weighted by molar-refractivity contribution is -0.121. The molecule has 158 valence electrons. The largest absolute Gasteiger partial charge is 0.352 e. The molecule has 0 aliphatic carbocycles. The van der Waals surface area contributed by atoms with Gasteiger partial charge in [-0.1, -0.05) is 53.7 Å². The van der Waals surface area contributed by atoms with Gasteiger partial charge in [-0.15, -0.1) is 0 Å². The zero-order valence-electron chi connectivity index (χ0n) is 17.2. The van der Waals surface area contributed by atoms with Gasteiger partial charge in [0.15, 0.2) is 0 Å². The summed E-state index contributed by atoms with van der Waals surface area (Å²) in [6.45, 7) is 3.01. The van der Waals surface area contributed by atoms with Gasteiger partial charge in [-0.25, -0.2) is 0 Å². The van der Waals surface area contributed by atoms with E-state index in [9.17, 15) is 4.79 Å². The maximum absolute atomic E-state index is 12.4. The first-order valence-electron chi connectivity index (χ1n) is 10.1. The van der Waals surface area contributed by atoms with Gasteiger partial charge in [0, 0.05) is 30.9 Å². The Morgan fingerprint density at radius 3 is 2.65 bits per heavy atom. The van der Waals surface area contributed by atoms with Gasteiger partial charge in [-0.2, -0.15) is 5.10 Å². The van der Waals surface area contributed by atoms with E-state index in [1.165, 1.54) is 5.56 Å². The molecule has 0 saturated heterocycles. The molecule has 0 saturated carbocycles. The second-order valence-electron chi connectivity index (χ2n) is 7.35. The van der Waals surface area contributed by atoms with E-state index in [0.717, 1.165) is 34.5 Å². The molecule has 0 atom stereocenters. The van der Waals surface area contributed by atoms with Crippen molar-refractivity contribution in [1.29, 1.82) is 0 Å². The number of hydrogen-bond donors (Lipinski definition) is 1. The Morgan fingerprint density at radius 1 is 1.13 bits per heavy atom. The Labute approximate surface area is 185 Å². The molecule has 0 fully saturated rings. The Bertz CT molecular complexity index is 1130. The highest BCUT2D eigenvalue weighted by Crippen LogP contribution is 2.25. The van der Waals surface area contributed by atoms with Crippen LogP contribution in [0.3, 0.4) is 0 Å². The third kappa shape index (κ3) is 5.22. The van der Waals surface area contributed by atoms with Crippen LogP contribution in [0.5, 0.6) is 0 Å². The minimum Gasteiger partial charge on any atom is -0.352 e. The smallest absolute Gasteiger partial charge is 0.229 e. The fourth-order valence-electron chi connectivity index (χ4n) is 3.49. The highest BCUT2D eigenvalue weighted by atomic mass is 35.5. The monoisotopic (exact) mass is 434 g/mol. The molecule has 0 aliphatic rings. The van der Waals surface area contributed by atoms with E-state index in [0.29, 0.717) is 19.4 Å². The molecule has 2 aromatic carbocycles. The van der Waals surface area contributed by atoms with Crippen molar-refractivity contribution in [3.05, 3.63) is 94.6 Å². The number of carbonyl (C=O) groups is 1. The number of nitrogens with zero attached hydrogens (tertiary/aromatic N) is 3. The number of aryl methyl sites for hydroxylation is 1. The predicted molar refractivity (Wildman–Crippen MR) is 120 cm³/mol. The van der Waals surface area contributed by atoms with Crippen LogP contribution in [0.1, 0.15) is 28.8 Å². The zero-order chi connectivity index (χ0) is 21.6. The van der Waals surface area contributed by atoms with Crippen LogP contribution in [-0.2, 0) is 24.3 Å². The number of nitrogens with one attached hydrogen (secondary N) is 1. The number of halogens is 1. The van der Waals surface area contributed by atoms with Crippen LogP contribution in [0, 0.1) is 6.92 Å². The second kappa shape index (κ2) is 9.62. The van der Waals surface area contributed by atoms with Gasteiger partial charge in [0.2, 0.25) is 11.1 Å². The fraction of sp³-hybridized carbons (Fsp3) is 0.208. The van der Waals surface area contributed by atoms with Crippen LogP contribution in [-0.4, -0.2) is 20.8 Å². The van der Waals surface area contributed by atoms with Crippen LogP contribution in [0.4, 0.5) is 0 Å². The molecule has 2 heterocycles. The Hall–Kier alpha value is -3.38. The van der Waals surface area contributed by atoms with Gasteiger partial charge in [0.25, 0.3) is 0 Å². The van der Waals surface area contributed by atoms with Gasteiger partial charge in [0.1, 0.15) is 0 Å². The van der Waals surface area contributed by atoms with Crippen molar-refractivity contribution in [2.45, 2.75) is 32.9 Å². The summed E-state index contributed by atoms with van der Waals surface area (Å²) in [4.78, 5) is 12.4. The number of aromatic nitrogens is 3. The SMILES string of the molecule is Cc1noc(Cl)c1CCC(=O)NCc1ccccc1-c1ccc(Cn2cccn2)cc1. The topological polar surface area (TPSA) is 73.0 Å². The molecule has 6 nitrogen and oxygen atoms in total. The predicted octanol–water partition coefficient (Wildman–Crippen LogP) is 4.80. The van der Waals surface area contributed by atoms with E-state index in [2.05, 4.69) is 45.9 Å². The van der Waals surface area contributed by atoms with E-state index in [1.807, 2.05) is 42.1 Å². The first kappa shape index (κ1) is 20.9. The van der Waals surface area contributed by atoms with Gasteiger partial charge in [0.05, 0.1) is 12.2 Å². The average molecular weight is 435 g/mol. The molecule has 4 aromatic rings. The molecule has 0 unspecified atom stereocenters. The molecular weight excluding hydrogens is 412 g/mol. The van der Waals surface area contributed by atoms with Crippen LogP contribution < -0.4 is 5.32 Å². The molecule has 0 radical (unpaired) electrons. The lowest BCUT2D eigenvalue weighted by Gasteiger charge is -2.12. The van der Waals surface area contributed by atoms with Crippen molar-refractivity contribution in [3.63, 3.8) is 0 Å². The van der Waals surface area contributed by atoms with E-state index >= 15 is 0 Å². The minimum atomic E-state index is -0.0407. The number of carbonyl (C=O) groups excluding carboxylic acids is 1. The van der Waals surface area contributed by atoms with Crippen molar-refractivity contribution in [3.8, 4) is 11.1 Å². The molecule has 7 heteroatoms. The number of rotatable bonds is 8. The summed E-state index contributed by atoms with van der Waals surface area (Å²) in [5, 5.41) is 11.3. The van der Waals surface area contributed by atoms with Crippen LogP contribution in [0.25, 0.3) is 11.1 Å². The van der Waals surface area contributed by atoms with Crippen LogP contribution in [0.15, 0.2) is 71.5 Å². The molecule has 31 heavy (non-hydrogen) atoms. The van der Waals surface area contributed by atoms with E-state index in [4.69, 9.17) is 16.1 Å². The summed E-state index contributed by atoms with van der Waals surface area (Å²) in [5.41, 5.74) is 5.97. The normalized spacial score (nSPS) is 10.9. The van der Waals surface area contributed by atoms with Gasteiger partial charge in [-0.3, -0.25) is 9.48 Å². The maximum Gasteiger partial charge on any atom is 0.229 e. The Kier molecular flexibility index (Phi) is 6.48. The average Bonchev–Trinajstić information content (AvgIpc) is 3.41. The van der Waals surface area contributed by atoms with Crippen molar-refractivity contribution >= 4 is 17.5 Å². The van der Waals surface area contributed by atoms with Gasteiger partial charge >= 0.3 is 0 Å². The van der Waals surface area contributed by atoms with Gasteiger partial charge < -0.3 is 9.84 Å². The highest BCUT2D eigenvalue weighted by Gasteiger charge is 2.13. The third-order valence-corrected chi connectivity index (χ3v) is 5.50. The molecule has 4 rings (SSSR count). The molecule has 0 aliphatic heterocycles. The standard InChI is InChI=1S/C24H23ClN4O2/c1-17-21(24(25)31-28-17)11-12-23(30)26-15-20-5-2-3-6-22(20)19-9-7-18(8-10-19)16-29-14-4-13-27-29/h2-10,13-14H,11-12,15-16H2,1H3,(H,26,30). The van der Waals surface area contributed by atoms with E-state index < -0.39 is 0 Å². The Balaban J connectivity index is 1.38. The van der Waals surface area contributed by atoms with Crippen LogP contribution in [0.2, 0.25) is 5.22 Å². The fourth-order valence-corrected chi connectivity index (χ4v) is 3.75. The summed E-state index contributed by atoms with van der Waals surface area (Å²) in [6, 6.07) is 18.5. The summed E-state index contributed by atoms with van der Waals surface area (Å²) in [5.74, 6) is -0.0407. The summed E-state index contributed by atoms with van der Waals surface area (Å²) >= 11 is 5.97. The van der Waals surface area contributed by atoms with Crippen LogP contribution >= 0.6 is 11.6 Å². The zero-order valence-corrected chi connectivity index (χ0v) is 18.0. The quantitative estimate of drug-likeness (QED) is 0.432. The van der Waals surface area contributed by atoms with E-state index in [1.54, 1.807) is 6.20 Å². The third-order valence-electron chi connectivity index (χ3n) is 5.20. The summed E-state index contributed by atoms with van der Waals surface area (Å²) < 4.78 is 6.83.